The fourth-order valence-corrected chi connectivity index (χ4v) is 3.03. The second kappa shape index (κ2) is 6.55. The van der Waals surface area contributed by atoms with Crippen molar-refractivity contribution in [3.8, 4) is 0 Å². The molecule has 0 radical (unpaired) electrons. The predicted molar refractivity (Wildman–Crippen MR) is 82.5 cm³/mol. The first-order valence-electron chi connectivity index (χ1n) is 6.25. The fourth-order valence-electron chi connectivity index (χ4n) is 2.14. The van der Waals surface area contributed by atoms with E-state index in [9.17, 15) is 0 Å². The molecule has 0 fully saturated rings. The molecule has 0 saturated heterocycles. The summed E-state index contributed by atoms with van der Waals surface area (Å²) in [6.45, 7) is 3.02. The average Bonchev–Trinajstić information content (AvgIpc) is 2.73. The van der Waals surface area contributed by atoms with Gasteiger partial charge >= 0.3 is 0 Å². The molecular formula is C14H17BrClN3. The Bertz CT molecular complexity index is 533. The zero-order chi connectivity index (χ0) is 13.8. The Hall–Kier alpha value is -0.840. The van der Waals surface area contributed by atoms with Crippen LogP contribution in [0.2, 0.25) is 5.02 Å². The van der Waals surface area contributed by atoms with Gasteiger partial charge in [0, 0.05) is 28.8 Å². The molecular weight excluding hydrogens is 326 g/mol. The molecule has 1 atom stereocenters. The highest BCUT2D eigenvalue weighted by Gasteiger charge is 2.13. The second-order valence-corrected chi connectivity index (χ2v) is 5.89. The third-order valence-corrected chi connectivity index (χ3v) is 3.61. The maximum Gasteiger partial charge on any atom is 0.0522 e. The fraction of sp³-hybridized carbons (Fsp3) is 0.357. The number of benzene rings is 1. The van der Waals surface area contributed by atoms with Crippen LogP contribution in [0.5, 0.6) is 0 Å². The Morgan fingerprint density at radius 1 is 1.42 bits per heavy atom. The molecule has 0 saturated carbocycles. The number of halogens is 2. The summed E-state index contributed by atoms with van der Waals surface area (Å²) in [6, 6.07) is 6.26. The van der Waals surface area contributed by atoms with E-state index in [1.165, 1.54) is 11.1 Å². The molecule has 0 aliphatic carbocycles. The van der Waals surface area contributed by atoms with Gasteiger partial charge in [-0.1, -0.05) is 34.5 Å². The van der Waals surface area contributed by atoms with E-state index in [4.69, 9.17) is 11.6 Å². The summed E-state index contributed by atoms with van der Waals surface area (Å²) >= 11 is 9.62. The zero-order valence-electron chi connectivity index (χ0n) is 11.0. The second-order valence-electron chi connectivity index (χ2n) is 4.54. The molecule has 1 aromatic carbocycles. The summed E-state index contributed by atoms with van der Waals surface area (Å²) < 4.78 is 2.83. The van der Waals surface area contributed by atoms with Gasteiger partial charge in [-0.15, -0.1) is 0 Å². The Labute approximate surface area is 127 Å². The maximum atomic E-state index is 6.13. The highest BCUT2D eigenvalue weighted by Crippen LogP contribution is 2.26. The van der Waals surface area contributed by atoms with Gasteiger partial charge in [0.1, 0.15) is 0 Å². The first-order chi connectivity index (χ1) is 9.08. The van der Waals surface area contributed by atoms with Gasteiger partial charge in [-0.3, -0.25) is 4.68 Å². The van der Waals surface area contributed by atoms with E-state index in [-0.39, 0.29) is 6.04 Å². The third kappa shape index (κ3) is 4.06. The van der Waals surface area contributed by atoms with E-state index in [1.807, 2.05) is 36.3 Å². The number of nitrogens with one attached hydrogen (secondary N) is 1. The molecule has 0 bridgehead atoms. The quantitative estimate of drug-likeness (QED) is 0.897. The van der Waals surface area contributed by atoms with Crippen LogP contribution in [0.1, 0.15) is 24.1 Å². The van der Waals surface area contributed by atoms with E-state index in [2.05, 4.69) is 39.3 Å². The number of likely N-dealkylation sites (N-methyl/N-ethyl adjacent to an activating group) is 1. The van der Waals surface area contributed by atoms with Crippen molar-refractivity contribution in [2.75, 3.05) is 6.54 Å². The van der Waals surface area contributed by atoms with E-state index >= 15 is 0 Å². The molecule has 0 spiro atoms. The molecule has 2 aromatic rings. The maximum absolute atomic E-state index is 6.13. The molecule has 0 aliphatic rings. The van der Waals surface area contributed by atoms with Gasteiger partial charge in [-0.05, 0) is 42.3 Å². The lowest BCUT2D eigenvalue weighted by Crippen LogP contribution is -2.22. The molecule has 1 N–H and O–H groups in total. The van der Waals surface area contributed by atoms with Crippen molar-refractivity contribution in [1.29, 1.82) is 0 Å². The van der Waals surface area contributed by atoms with Crippen LogP contribution in [0.15, 0.2) is 35.1 Å². The van der Waals surface area contributed by atoms with Crippen LogP contribution in [0, 0.1) is 0 Å². The van der Waals surface area contributed by atoms with Crippen molar-refractivity contribution in [2.45, 2.75) is 19.4 Å². The van der Waals surface area contributed by atoms with Crippen molar-refractivity contribution in [3.63, 3.8) is 0 Å². The van der Waals surface area contributed by atoms with Gasteiger partial charge in [-0.25, -0.2) is 0 Å². The van der Waals surface area contributed by atoms with Crippen LogP contribution in [-0.2, 0) is 13.5 Å². The Kier molecular flexibility index (Phi) is 5.02. The summed E-state index contributed by atoms with van der Waals surface area (Å²) in [7, 11) is 1.93. The number of hydrogen-bond acceptors (Lipinski definition) is 2. The molecule has 0 amide bonds. The van der Waals surface area contributed by atoms with E-state index < -0.39 is 0 Å². The molecule has 1 unspecified atom stereocenters. The monoisotopic (exact) mass is 341 g/mol. The summed E-state index contributed by atoms with van der Waals surface area (Å²) in [5.74, 6) is 0. The number of nitrogens with zero attached hydrogens (tertiary/aromatic N) is 2. The van der Waals surface area contributed by atoms with Crippen molar-refractivity contribution >= 4 is 27.5 Å². The minimum atomic E-state index is 0.240. The highest BCUT2D eigenvalue weighted by atomic mass is 79.9. The SMILES string of the molecule is CCNC(Cc1cnn(C)c1)c1cc(Cl)cc(Br)c1. The third-order valence-electron chi connectivity index (χ3n) is 2.94. The standard InChI is InChI=1S/C14H17BrClN3/c1-3-17-14(4-10-8-18-19(2)9-10)11-5-12(15)7-13(16)6-11/h5-9,14,17H,3-4H2,1-2H3. The lowest BCUT2D eigenvalue weighted by Gasteiger charge is -2.18. The van der Waals surface area contributed by atoms with E-state index in [0.717, 1.165) is 22.5 Å². The normalized spacial score (nSPS) is 12.6. The molecule has 2 rings (SSSR count). The molecule has 1 aromatic heterocycles. The van der Waals surface area contributed by atoms with E-state index in [1.54, 1.807) is 0 Å². The van der Waals surface area contributed by atoms with Crippen LogP contribution in [-0.4, -0.2) is 16.3 Å². The van der Waals surface area contributed by atoms with Crippen LogP contribution in [0.4, 0.5) is 0 Å². The number of aryl methyl sites for hydroxylation is 1. The Balaban J connectivity index is 2.23. The van der Waals surface area contributed by atoms with Crippen LogP contribution >= 0.6 is 27.5 Å². The Morgan fingerprint density at radius 3 is 2.79 bits per heavy atom. The number of rotatable bonds is 5. The van der Waals surface area contributed by atoms with Gasteiger partial charge in [-0.2, -0.15) is 5.10 Å². The van der Waals surface area contributed by atoms with Crippen LogP contribution < -0.4 is 5.32 Å². The van der Waals surface area contributed by atoms with Crippen molar-refractivity contribution in [1.82, 2.24) is 15.1 Å². The number of aromatic nitrogens is 2. The van der Waals surface area contributed by atoms with E-state index in [0.29, 0.717) is 0 Å². The zero-order valence-corrected chi connectivity index (χ0v) is 13.4. The Morgan fingerprint density at radius 2 is 2.21 bits per heavy atom. The molecule has 3 nitrogen and oxygen atoms in total. The summed E-state index contributed by atoms with van der Waals surface area (Å²) in [4.78, 5) is 0. The average molecular weight is 343 g/mol. The number of hydrogen-bond donors (Lipinski definition) is 1. The largest absolute Gasteiger partial charge is 0.310 e. The molecule has 5 heteroatoms. The van der Waals surface area contributed by atoms with Gasteiger partial charge in [0.05, 0.1) is 6.20 Å². The lowest BCUT2D eigenvalue weighted by molar-refractivity contribution is 0.549. The first kappa shape index (κ1) is 14.6. The first-order valence-corrected chi connectivity index (χ1v) is 7.42. The summed E-state index contributed by atoms with van der Waals surface area (Å²) in [5.41, 5.74) is 2.40. The summed E-state index contributed by atoms with van der Waals surface area (Å²) in [6.07, 6.45) is 4.85. The van der Waals surface area contributed by atoms with Crippen molar-refractivity contribution in [3.05, 3.63) is 51.2 Å². The smallest absolute Gasteiger partial charge is 0.0522 e. The lowest BCUT2D eigenvalue weighted by atomic mass is 10.0. The minimum absolute atomic E-state index is 0.240. The molecule has 0 aliphatic heterocycles. The summed E-state index contributed by atoms with van der Waals surface area (Å²) in [5, 5.41) is 8.46. The van der Waals surface area contributed by atoms with Gasteiger partial charge in [0.15, 0.2) is 0 Å². The topological polar surface area (TPSA) is 29.9 Å². The minimum Gasteiger partial charge on any atom is -0.310 e. The van der Waals surface area contributed by atoms with Crippen LogP contribution in [0.25, 0.3) is 0 Å². The van der Waals surface area contributed by atoms with Crippen molar-refractivity contribution < 1.29 is 0 Å². The predicted octanol–water partition coefficient (Wildman–Crippen LogP) is 3.73. The molecule has 102 valence electrons. The van der Waals surface area contributed by atoms with Gasteiger partial charge < -0.3 is 5.32 Å². The van der Waals surface area contributed by atoms with Gasteiger partial charge in [0.25, 0.3) is 0 Å². The van der Waals surface area contributed by atoms with Crippen molar-refractivity contribution in [2.24, 2.45) is 7.05 Å². The van der Waals surface area contributed by atoms with Gasteiger partial charge in [0.2, 0.25) is 0 Å². The molecule has 1 heterocycles. The highest BCUT2D eigenvalue weighted by molar-refractivity contribution is 9.10. The molecule has 19 heavy (non-hydrogen) atoms. The van der Waals surface area contributed by atoms with Crippen LogP contribution in [0.3, 0.4) is 0 Å².